The molecule has 2 aliphatic heterocycles. The van der Waals surface area contributed by atoms with Crippen molar-refractivity contribution in [2.24, 2.45) is 0 Å². The lowest BCUT2D eigenvalue weighted by Crippen LogP contribution is -2.63. The fourth-order valence-electron chi connectivity index (χ4n) is 5.12. The normalized spacial score (nSPS) is 19.2. The molecule has 196 valence electrons. The standard InChI is InChI=1S/C26H34F3N5O2/c1-2-24(35)34(23-5-3-4-22(31-23)26(27,28)29)20-25(9-18-36-19-10-25)33-16-14-32(15-17-33)13-8-21-6-11-30-12-7-21/h3-7,11-12H,2,8-10,13-20H2,1H3. The third kappa shape index (κ3) is 6.41. The summed E-state index contributed by atoms with van der Waals surface area (Å²) in [6.07, 6.45) is 1.64. The van der Waals surface area contributed by atoms with E-state index in [0.717, 1.165) is 58.1 Å². The Bertz CT molecular complexity index is 991. The highest BCUT2D eigenvalue weighted by Gasteiger charge is 2.43. The van der Waals surface area contributed by atoms with Gasteiger partial charge in [0.15, 0.2) is 0 Å². The van der Waals surface area contributed by atoms with Crippen LogP contribution in [-0.4, -0.2) is 83.7 Å². The average molecular weight is 506 g/mol. The van der Waals surface area contributed by atoms with Crippen molar-refractivity contribution in [3.05, 3.63) is 54.0 Å². The Hall–Kier alpha value is -2.56. The second kappa shape index (κ2) is 11.7. The number of anilines is 1. The lowest BCUT2D eigenvalue weighted by atomic mass is 9.86. The number of amides is 1. The molecule has 2 fully saturated rings. The first-order chi connectivity index (χ1) is 17.3. The van der Waals surface area contributed by atoms with Crippen LogP contribution in [0.3, 0.4) is 0 Å². The van der Waals surface area contributed by atoms with E-state index >= 15 is 0 Å². The van der Waals surface area contributed by atoms with Gasteiger partial charge >= 0.3 is 6.18 Å². The third-order valence-corrected chi connectivity index (χ3v) is 7.29. The molecule has 0 aromatic carbocycles. The Kier molecular flexibility index (Phi) is 8.58. The number of hydrogen-bond acceptors (Lipinski definition) is 6. The number of pyridine rings is 2. The Morgan fingerprint density at radius 2 is 1.78 bits per heavy atom. The quantitative estimate of drug-likeness (QED) is 0.546. The molecule has 36 heavy (non-hydrogen) atoms. The summed E-state index contributed by atoms with van der Waals surface area (Å²) in [4.78, 5) is 27.2. The molecule has 0 radical (unpaired) electrons. The fraction of sp³-hybridized carbons (Fsp3) is 0.577. The molecule has 0 N–H and O–H groups in total. The van der Waals surface area contributed by atoms with Crippen LogP contribution >= 0.6 is 0 Å². The monoisotopic (exact) mass is 505 g/mol. The number of hydrogen-bond donors (Lipinski definition) is 0. The van der Waals surface area contributed by atoms with Gasteiger partial charge in [0.2, 0.25) is 5.91 Å². The molecule has 0 bridgehead atoms. The van der Waals surface area contributed by atoms with E-state index in [2.05, 4.69) is 19.8 Å². The highest BCUT2D eigenvalue weighted by atomic mass is 19.4. The van der Waals surface area contributed by atoms with Gasteiger partial charge in [0, 0.05) is 76.8 Å². The zero-order valence-corrected chi connectivity index (χ0v) is 20.7. The first-order valence-electron chi connectivity index (χ1n) is 12.6. The van der Waals surface area contributed by atoms with Gasteiger partial charge < -0.3 is 9.64 Å². The van der Waals surface area contributed by atoms with E-state index in [1.165, 1.54) is 22.6 Å². The van der Waals surface area contributed by atoms with Crippen LogP contribution in [0.5, 0.6) is 0 Å². The molecular formula is C26H34F3N5O2. The SMILES string of the molecule is CCC(=O)N(CC1(N2CCN(CCc3ccncc3)CC2)CCOCC1)c1cccc(C(F)(F)F)n1. The van der Waals surface area contributed by atoms with Crippen LogP contribution < -0.4 is 4.90 Å². The molecule has 0 atom stereocenters. The molecule has 2 saturated heterocycles. The maximum atomic E-state index is 13.3. The Morgan fingerprint density at radius 3 is 2.42 bits per heavy atom. The molecular weight excluding hydrogens is 471 g/mol. The highest BCUT2D eigenvalue weighted by Crippen LogP contribution is 2.33. The van der Waals surface area contributed by atoms with Crippen molar-refractivity contribution in [1.82, 2.24) is 19.8 Å². The largest absolute Gasteiger partial charge is 0.433 e. The van der Waals surface area contributed by atoms with Crippen molar-refractivity contribution in [2.75, 3.05) is 57.4 Å². The van der Waals surface area contributed by atoms with Crippen molar-refractivity contribution < 1.29 is 22.7 Å². The second-order valence-corrected chi connectivity index (χ2v) is 9.48. The predicted molar refractivity (Wildman–Crippen MR) is 131 cm³/mol. The third-order valence-electron chi connectivity index (χ3n) is 7.29. The lowest BCUT2D eigenvalue weighted by Gasteiger charge is -2.51. The van der Waals surface area contributed by atoms with Crippen LogP contribution in [0.1, 0.15) is 37.4 Å². The van der Waals surface area contributed by atoms with Gasteiger partial charge in [-0.2, -0.15) is 13.2 Å². The molecule has 0 aliphatic carbocycles. The van der Waals surface area contributed by atoms with Gasteiger partial charge in [0.25, 0.3) is 0 Å². The van der Waals surface area contributed by atoms with Crippen molar-refractivity contribution in [3.8, 4) is 0 Å². The highest BCUT2D eigenvalue weighted by molar-refractivity contribution is 5.92. The van der Waals surface area contributed by atoms with Crippen molar-refractivity contribution in [2.45, 2.75) is 44.3 Å². The van der Waals surface area contributed by atoms with Crippen LogP contribution in [0.4, 0.5) is 19.0 Å². The smallest absolute Gasteiger partial charge is 0.381 e. The van der Waals surface area contributed by atoms with Crippen molar-refractivity contribution >= 4 is 11.7 Å². The van der Waals surface area contributed by atoms with Gasteiger partial charge in [-0.25, -0.2) is 4.98 Å². The number of ether oxygens (including phenoxy) is 1. The van der Waals surface area contributed by atoms with E-state index in [9.17, 15) is 18.0 Å². The summed E-state index contributed by atoms with van der Waals surface area (Å²) < 4.78 is 45.7. The summed E-state index contributed by atoms with van der Waals surface area (Å²) in [7, 11) is 0. The number of halogens is 3. The molecule has 7 nitrogen and oxygen atoms in total. The fourth-order valence-corrected chi connectivity index (χ4v) is 5.12. The summed E-state index contributed by atoms with van der Waals surface area (Å²) >= 11 is 0. The first-order valence-corrected chi connectivity index (χ1v) is 12.6. The first kappa shape index (κ1) is 26.5. The van der Waals surface area contributed by atoms with E-state index < -0.39 is 11.9 Å². The minimum Gasteiger partial charge on any atom is -0.381 e. The molecule has 10 heteroatoms. The minimum absolute atomic E-state index is 0.0542. The van der Waals surface area contributed by atoms with Crippen molar-refractivity contribution in [3.63, 3.8) is 0 Å². The Morgan fingerprint density at radius 1 is 1.08 bits per heavy atom. The van der Waals surface area contributed by atoms with Crippen LogP contribution in [-0.2, 0) is 22.1 Å². The molecule has 2 aromatic heterocycles. The molecule has 2 aromatic rings. The number of carbonyl (C=O) groups is 1. The van der Waals surface area contributed by atoms with Gasteiger partial charge in [0.1, 0.15) is 11.5 Å². The Labute approximate surface area is 210 Å². The summed E-state index contributed by atoms with van der Waals surface area (Å²) in [6.45, 7) is 7.58. The van der Waals surface area contributed by atoms with Gasteiger partial charge in [-0.15, -0.1) is 0 Å². The Balaban J connectivity index is 1.49. The van der Waals surface area contributed by atoms with E-state index in [4.69, 9.17) is 4.74 Å². The second-order valence-electron chi connectivity index (χ2n) is 9.48. The molecule has 0 unspecified atom stereocenters. The molecule has 0 saturated carbocycles. The molecule has 4 rings (SSSR count). The van der Waals surface area contributed by atoms with Gasteiger partial charge in [-0.1, -0.05) is 13.0 Å². The van der Waals surface area contributed by atoms with Crippen LogP contribution in [0.2, 0.25) is 0 Å². The minimum atomic E-state index is -4.57. The number of piperazine rings is 1. The number of nitrogens with zero attached hydrogens (tertiary/aromatic N) is 5. The van der Waals surface area contributed by atoms with Crippen LogP contribution in [0.15, 0.2) is 42.7 Å². The maximum Gasteiger partial charge on any atom is 0.433 e. The number of aromatic nitrogens is 2. The van der Waals surface area contributed by atoms with Gasteiger partial charge in [-0.05, 0) is 49.1 Å². The predicted octanol–water partition coefficient (Wildman–Crippen LogP) is 3.65. The summed E-state index contributed by atoms with van der Waals surface area (Å²) in [5.41, 5.74) is -0.0932. The zero-order chi connectivity index (χ0) is 25.6. The average Bonchev–Trinajstić information content (AvgIpc) is 2.91. The molecule has 4 heterocycles. The summed E-state index contributed by atoms with van der Waals surface area (Å²) in [6, 6.07) is 7.82. The van der Waals surface area contributed by atoms with E-state index in [1.54, 1.807) is 6.92 Å². The van der Waals surface area contributed by atoms with Crippen LogP contribution in [0.25, 0.3) is 0 Å². The van der Waals surface area contributed by atoms with Gasteiger partial charge in [-0.3, -0.25) is 19.6 Å². The number of alkyl halides is 3. The van der Waals surface area contributed by atoms with Gasteiger partial charge in [0.05, 0.1) is 0 Å². The molecule has 1 amide bonds. The summed E-state index contributed by atoms with van der Waals surface area (Å²) in [5.74, 6) is -0.179. The number of carbonyl (C=O) groups excluding carboxylic acids is 1. The molecule has 2 aliphatic rings. The van der Waals surface area contributed by atoms with E-state index in [1.807, 2.05) is 24.5 Å². The van der Waals surface area contributed by atoms with E-state index in [-0.39, 0.29) is 23.7 Å². The summed E-state index contributed by atoms with van der Waals surface area (Å²) in [5, 5.41) is 0. The van der Waals surface area contributed by atoms with Crippen molar-refractivity contribution in [1.29, 1.82) is 0 Å². The number of rotatable bonds is 8. The van der Waals surface area contributed by atoms with E-state index in [0.29, 0.717) is 19.8 Å². The topological polar surface area (TPSA) is 61.8 Å². The zero-order valence-electron chi connectivity index (χ0n) is 20.7. The molecule has 0 spiro atoms. The maximum absolute atomic E-state index is 13.3. The van der Waals surface area contributed by atoms with Crippen LogP contribution in [0, 0.1) is 0 Å². The lowest BCUT2D eigenvalue weighted by molar-refractivity contribution is -0.141.